The summed E-state index contributed by atoms with van der Waals surface area (Å²) in [5, 5.41) is 18.5. The molecule has 0 aliphatic heterocycles. The Morgan fingerprint density at radius 2 is 0.831 bits per heavy atom. The van der Waals surface area contributed by atoms with Crippen molar-refractivity contribution in [3.05, 3.63) is 206 Å². The average Bonchev–Trinajstić information content (AvgIpc) is 3.64. The molecule has 0 aliphatic carbocycles. The van der Waals surface area contributed by atoms with E-state index in [1.165, 1.54) is 97.6 Å². The van der Waals surface area contributed by atoms with E-state index in [0.717, 1.165) is 27.8 Å². The van der Waals surface area contributed by atoms with Gasteiger partial charge >= 0.3 is 0 Å². The third-order valence-corrected chi connectivity index (χ3v) is 12.7. The molecule has 0 amide bonds. The second-order valence-corrected chi connectivity index (χ2v) is 15.8. The van der Waals surface area contributed by atoms with Gasteiger partial charge in [0.25, 0.3) is 0 Å². The van der Waals surface area contributed by atoms with Crippen LogP contribution in [0, 0.1) is 0 Å². The normalized spacial score (nSPS) is 12.1. The predicted octanol–water partition coefficient (Wildman–Crippen LogP) is 15.6. The fourth-order valence-electron chi connectivity index (χ4n) is 10.1. The lowest BCUT2D eigenvalue weighted by molar-refractivity contribution is 1.11. The van der Waals surface area contributed by atoms with Crippen molar-refractivity contribution < 1.29 is 0 Å². The number of rotatable bonds is 3. The molecule has 2 heteroatoms. The zero-order chi connectivity index (χ0) is 38.6. The number of pyridine rings is 1. The molecule has 2 heterocycles. The van der Waals surface area contributed by atoms with E-state index < -0.39 is 0 Å². The van der Waals surface area contributed by atoms with Crippen LogP contribution in [-0.4, -0.2) is 9.55 Å². The first kappa shape index (κ1) is 32.3. The highest BCUT2D eigenvalue weighted by Gasteiger charge is 2.23. The molecular weight excluding hydrogens is 713 g/mol. The SMILES string of the molecule is c1ccc2cc(-c3cc(-n4c5c(-c6ccc7c8ccccc8c8ccccc8c7c6)c6ccccc6cc5c5ccc6ccccc6c54)nc4ccccc34)ccc2c1. The summed E-state index contributed by atoms with van der Waals surface area (Å²) >= 11 is 0. The van der Waals surface area contributed by atoms with Crippen LogP contribution in [0.1, 0.15) is 0 Å². The van der Waals surface area contributed by atoms with Gasteiger partial charge in [0.1, 0.15) is 5.82 Å². The third-order valence-electron chi connectivity index (χ3n) is 12.7. The molecule has 0 atom stereocenters. The second-order valence-electron chi connectivity index (χ2n) is 15.8. The van der Waals surface area contributed by atoms with Crippen molar-refractivity contribution in [3.63, 3.8) is 0 Å². The fourth-order valence-corrected chi connectivity index (χ4v) is 10.1. The van der Waals surface area contributed by atoms with Crippen LogP contribution in [0.4, 0.5) is 0 Å². The average molecular weight is 747 g/mol. The van der Waals surface area contributed by atoms with Gasteiger partial charge in [0.05, 0.1) is 16.6 Å². The molecule has 0 saturated heterocycles. The molecule has 0 saturated carbocycles. The van der Waals surface area contributed by atoms with E-state index in [0.29, 0.717) is 0 Å². The van der Waals surface area contributed by atoms with Gasteiger partial charge in [0, 0.05) is 27.1 Å². The molecular formula is C57H34N2. The Morgan fingerprint density at radius 3 is 1.59 bits per heavy atom. The Balaban J connectivity index is 1.21. The second kappa shape index (κ2) is 12.3. The molecule has 13 rings (SSSR count). The van der Waals surface area contributed by atoms with Crippen molar-refractivity contribution >= 4 is 97.3 Å². The minimum Gasteiger partial charge on any atom is -0.292 e. The van der Waals surface area contributed by atoms with Gasteiger partial charge in [-0.25, -0.2) is 4.98 Å². The minimum atomic E-state index is 0.900. The van der Waals surface area contributed by atoms with Gasteiger partial charge in [0.15, 0.2) is 0 Å². The summed E-state index contributed by atoms with van der Waals surface area (Å²) in [7, 11) is 0. The van der Waals surface area contributed by atoms with Gasteiger partial charge < -0.3 is 0 Å². The molecule has 0 radical (unpaired) electrons. The minimum absolute atomic E-state index is 0.900. The third kappa shape index (κ3) is 4.72. The number of hydrogen-bond donors (Lipinski definition) is 0. The first-order valence-electron chi connectivity index (χ1n) is 20.4. The highest BCUT2D eigenvalue weighted by Crippen LogP contribution is 2.46. The lowest BCUT2D eigenvalue weighted by Gasteiger charge is -2.17. The molecule has 0 N–H and O–H groups in total. The highest BCUT2D eigenvalue weighted by molar-refractivity contribution is 6.28. The Kier molecular flexibility index (Phi) is 6.76. The molecule has 59 heavy (non-hydrogen) atoms. The number of fused-ring (bicyclic) bond motifs is 14. The lowest BCUT2D eigenvalue weighted by atomic mass is 9.90. The van der Waals surface area contributed by atoms with E-state index in [-0.39, 0.29) is 0 Å². The molecule has 2 aromatic heterocycles. The van der Waals surface area contributed by atoms with Crippen LogP contribution in [0.2, 0.25) is 0 Å². The summed E-state index contributed by atoms with van der Waals surface area (Å²) in [5.74, 6) is 0.900. The smallest absolute Gasteiger partial charge is 0.138 e. The molecule has 0 bridgehead atoms. The summed E-state index contributed by atoms with van der Waals surface area (Å²) in [6, 6.07) is 75.9. The molecule has 0 fully saturated rings. The summed E-state index contributed by atoms with van der Waals surface area (Å²) in [5.41, 5.74) is 8.02. The van der Waals surface area contributed by atoms with Crippen molar-refractivity contribution in [1.29, 1.82) is 0 Å². The Morgan fingerprint density at radius 1 is 0.288 bits per heavy atom. The molecule has 272 valence electrons. The maximum atomic E-state index is 5.58. The van der Waals surface area contributed by atoms with E-state index in [1.54, 1.807) is 0 Å². The zero-order valence-electron chi connectivity index (χ0n) is 32.0. The molecule has 13 aromatic rings. The first-order valence-corrected chi connectivity index (χ1v) is 20.4. The standard InChI is InChI=1S/C57H34N2/c1-2-15-37-31-39(26-25-35(37)13-1)50-34-54(58-53-24-12-11-23-48(50)53)59-56-42-18-6-3-14-36(42)27-30-49(56)52-32-38-16-4-5-17-41(38)55(57(52)59)40-28-29-47-45-21-8-7-19-43(45)44-20-9-10-22-46(44)51(47)33-40/h1-34H. The molecule has 0 spiro atoms. The van der Waals surface area contributed by atoms with Crippen molar-refractivity contribution in [1.82, 2.24) is 9.55 Å². The molecule has 0 aliphatic rings. The van der Waals surface area contributed by atoms with Gasteiger partial charge in [-0.15, -0.1) is 0 Å². The van der Waals surface area contributed by atoms with Crippen LogP contribution in [0.25, 0.3) is 125 Å². The largest absolute Gasteiger partial charge is 0.292 e. The summed E-state index contributed by atoms with van der Waals surface area (Å²) < 4.78 is 2.48. The van der Waals surface area contributed by atoms with E-state index in [9.17, 15) is 0 Å². The van der Waals surface area contributed by atoms with Crippen molar-refractivity contribution in [2.75, 3.05) is 0 Å². The highest BCUT2D eigenvalue weighted by atomic mass is 15.1. The number of hydrogen-bond acceptors (Lipinski definition) is 1. The van der Waals surface area contributed by atoms with Gasteiger partial charge in [-0.2, -0.15) is 0 Å². The van der Waals surface area contributed by atoms with E-state index in [1.807, 2.05) is 0 Å². The van der Waals surface area contributed by atoms with Gasteiger partial charge in [-0.1, -0.05) is 176 Å². The Labute approximate surface area is 339 Å². The maximum Gasteiger partial charge on any atom is 0.138 e. The maximum absolute atomic E-state index is 5.58. The number of nitrogens with zero attached hydrogens (tertiary/aromatic N) is 2. The van der Waals surface area contributed by atoms with E-state index in [4.69, 9.17) is 4.98 Å². The van der Waals surface area contributed by atoms with Crippen LogP contribution in [0.5, 0.6) is 0 Å². The van der Waals surface area contributed by atoms with Crippen LogP contribution in [-0.2, 0) is 0 Å². The summed E-state index contributed by atoms with van der Waals surface area (Å²) in [6.45, 7) is 0. The molecule has 11 aromatic carbocycles. The van der Waals surface area contributed by atoms with E-state index >= 15 is 0 Å². The Bertz CT molecular complexity index is 3870. The first-order chi connectivity index (χ1) is 29.3. The Hall–Kier alpha value is -7.81. The molecule has 0 unspecified atom stereocenters. The zero-order valence-corrected chi connectivity index (χ0v) is 32.0. The van der Waals surface area contributed by atoms with Crippen molar-refractivity contribution in [2.45, 2.75) is 0 Å². The van der Waals surface area contributed by atoms with Crippen LogP contribution in [0.3, 0.4) is 0 Å². The summed E-state index contributed by atoms with van der Waals surface area (Å²) in [6.07, 6.45) is 0. The van der Waals surface area contributed by atoms with Crippen LogP contribution >= 0.6 is 0 Å². The number of benzene rings is 11. The van der Waals surface area contributed by atoms with Gasteiger partial charge in [-0.05, 0) is 106 Å². The van der Waals surface area contributed by atoms with Gasteiger partial charge in [-0.3, -0.25) is 4.57 Å². The number of para-hydroxylation sites is 1. The van der Waals surface area contributed by atoms with Crippen LogP contribution in [0.15, 0.2) is 206 Å². The predicted molar refractivity (Wildman–Crippen MR) is 252 cm³/mol. The fraction of sp³-hybridized carbons (Fsp3) is 0. The summed E-state index contributed by atoms with van der Waals surface area (Å²) in [4.78, 5) is 5.58. The van der Waals surface area contributed by atoms with Gasteiger partial charge in [0.2, 0.25) is 0 Å². The number of aromatic nitrogens is 2. The van der Waals surface area contributed by atoms with Crippen molar-refractivity contribution in [2.24, 2.45) is 0 Å². The molecule has 2 nitrogen and oxygen atoms in total. The monoisotopic (exact) mass is 746 g/mol. The lowest BCUT2D eigenvalue weighted by Crippen LogP contribution is -2.01. The van der Waals surface area contributed by atoms with Crippen molar-refractivity contribution in [3.8, 4) is 28.1 Å². The van der Waals surface area contributed by atoms with Crippen LogP contribution < -0.4 is 0 Å². The topological polar surface area (TPSA) is 17.8 Å². The quantitative estimate of drug-likeness (QED) is 0.165. The van der Waals surface area contributed by atoms with E-state index in [2.05, 4.69) is 211 Å².